The second kappa shape index (κ2) is 12.2. The Hall–Kier alpha value is -4.74. The van der Waals surface area contributed by atoms with Gasteiger partial charge in [-0.3, -0.25) is 9.59 Å². The zero-order chi connectivity index (χ0) is 28.9. The molecular formula is C29H26ClFN6O4. The molecule has 5 rings (SSSR count). The van der Waals surface area contributed by atoms with Crippen LogP contribution in [0, 0.1) is 5.82 Å². The normalized spacial score (nSPS) is 15.8. The number of hydrogen-bond donors (Lipinski definition) is 4. The summed E-state index contributed by atoms with van der Waals surface area (Å²) in [5.41, 5.74) is 6.95. The average Bonchev–Trinajstić information content (AvgIpc) is 2.91. The van der Waals surface area contributed by atoms with Gasteiger partial charge in [0.05, 0.1) is 16.3 Å². The lowest BCUT2D eigenvalue weighted by atomic mass is 9.90. The largest absolute Gasteiger partial charge is 0.488 e. The first-order valence-corrected chi connectivity index (χ1v) is 13.1. The van der Waals surface area contributed by atoms with Crippen molar-refractivity contribution in [2.24, 2.45) is 5.73 Å². The summed E-state index contributed by atoms with van der Waals surface area (Å²) < 4.78 is 25.7. The van der Waals surface area contributed by atoms with Crippen LogP contribution in [0.1, 0.15) is 30.1 Å². The first-order valence-electron chi connectivity index (χ1n) is 12.7. The Morgan fingerprint density at radius 2 is 1.83 bits per heavy atom. The molecule has 0 aliphatic heterocycles. The lowest BCUT2D eigenvalue weighted by Gasteiger charge is -2.33. The van der Waals surface area contributed by atoms with Crippen LogP contribution in [0.2, 0.25) is 5.02 Å². The SMILES string of the molecule is CC(=O)Nc1cc(Oc2ccc(Nc3ncccc3C(=O)Nc3ccc(F)cc3OC3CC(N)C3)cc2Cl)ccn1. The van der Waals surface area contributed by atoms with Crippen LogP contribution in [0.25, 0.3) is 0 Å². The molecule has 0 unspecified atom stereocenters. The fraction of sp³-hybridized carbons (Fsp3) is 0.172. The van der Waals surface area contributed by atoms with E-state index in [4.69, 9.17) is 26.8 Å². The van der Waals surface area contributed by atoms with Gasteiger partial charge >= 0.3 is 0 Å². The van der Waals surface area contributed by atoms with Gasteiger partial charge in [-0.1, -0.05) is 11.6 Å². The summed E-state index contributed by atoms with van der Waals surface area (Å²) in [5, 5.41) is 8.78. The van der Waals surface area contributed by atoms with Gasteiger partial charge in [0.2, 0.25) is 5.91 Å². The topological polar surface area (TPSA) is 140 Å². The Balaban J connectivity index is 1.30. The highest BCUT2D eigenvalue weighted by atomic mass is 35.5. The Labute approximate surface area is 240 Å². The molecule has 1 saturated carbocycles. The fourth-order valence-electron chi connectivity index (χ4n) is 4.11. The summed E-state index contributed by atoms with van der Waals surface area (Å²) >= 11 is 6.47. The Morgan fingerprint density at radius 1 is 1.00 bits per heavy atom. The number of amides is 2. The number of nitrogens with zero attached hydrogens (tertiary/aromatic N) is 2. The lowest BCUT2D eigenvalue weighted by molar-refractivity contribution is -0.114. The molecule has 2 amide bonds. The maximum atomic E-state index is 13.9. The molecule has 0 atom stereocenters. The highest BCUT2D eigenvalue weighted by Gasteiger charge is 2.28. The predicted octanol–water partition coefficient (Wildman–Crippen LogP) is 5.88. The monoisotopic (exact) mass is 576 g/mol. The van der Waals surface area contributed by atoms with Crippen LogP contribution < -0.4 is 31.2 Å². The van der Waals surface area contributed by atoms with Gasteiger partial charge < -0.3 is 31.2 Å². The van der Waals surface area contributed by atoms with E-state index in [1.807, 2.05) is 0 Å². The molecule has 0 radical (unpaired) electrons. The number of carbonyl (C=O) groups excluding carboxylic acids is 2. The number of halogens is 2. The first kappa shape index (κ1) is 27.8. The van der Waals surface area contributed by atoms with E-state index in [9.17, 15) is 14.0 Å². The van der Waals surface area contributed by atoms with Crippen LogP contribution in [0.15, 0.2) is 73.1 Å². The molecule has 1 aliphatic rings. The number of rotatable bonds is 9. The summed E-state index contributed by atoms with van der Waals surface area (Å²) in [6.45, 7) is 1.38. The van der Waals surface area contributed by atoms with E-state index in [0.717, 1.165) is 0 Å². The summed E-state index contributed by atoms with van der Waals surface area (Å²) in [4.78, 5) is 32.9. The van der Waals surface area contributed by atoms with E-state index in [1.54, 1.807) is 48.7 Å². The van der Waals surface area contributed by atoms with Gasteiger partial charge in [-0.15, -0.1) is 0 Å². The third-order valence-corrected chi connectivity index (χ3v) is 6.42. The van der Waals surface area contributed by atoms with Gasteiger partial charge in [-0.05, 0) is 61.4 Å². The van der Waals surface area contributed by atoms with Crippen LogP contribution >= 0.6 is 11.6 Å². The summed E-state index contributed by atoms with van der Waals surface area (Å²) in [6.07, 6.45) is 4.23. The number of ether oxygens (including phenoxy) is 2. The van der Waals surface area contributed by atoms with Gasteiger partial charge in [-0.2, -0.15) is 0 Å². The van der Waals surface area contributed by atoms with Crippen molar-refractivity contribution in [3.8, 4) is 17.2 Å². The minimum absolute atomic E-state index is 0.0586. The van der Waals surface area contributed by atoms with Crippen molar-refractivity contribution in [2.75, 3.05) is 16.0 Å². The van der Waals surface area contributed by atoms with E-state index >= 15 is 0 Å². The van der Waals surface area contributed by atoms with Gasteiger partial charge in [0.25, 0.3) is 5.91 Å². The standard InChI is InChI=1S/C29H26ClFN6O4/c1-16(38)35-27-15-20(8-10-33-27)40-25-7-5-19(14-23(25)30)36-28-22(3-2-9-34-28)29(39)37-24-6-4-17(31)11-26(24)41-21-12-18(32)13-21/h2-11,14-15,18,21H,12-13,32H2,1H3,(H,34,36)(H,37,39)(H,33,35,38). The van der Waals surface area contributed by atoms with Crippen molar-refractivity contribution in [1.82, 2.24) is 9.97 Å². The zero-order valence-electron chi connectivity index (χ0n) is 21.9. The fourth-order valence-corrected chi connectivity index (χ4v) is 4.32. The average molecular weight is 577 g/mol. The quantitative estimate of drug-likeness (QED) is 0.193. The lowest BCUT2D eigenvalue weighted by Crippen LogP contribution is -2.43. The molecule has 10 nitrogen and oxygen atoms in total. The molecule has 12 heteroatoms. The van der Waals surface area contributed by atoms with Crippen molar-refractivity contribution in [3.05, 3.63) is 89.5 Å². The first-order chi connectivity index (χ1) is 19.7. The van der Waals surface area contributed by atoms with Crippen molar-refractivity contribution in [3.63, 3.8) is 0 Å². The molecule has 1 aliphatic carbocycles. The molecule has 4 aromatic rings. The van der Waals surface area contributed by atoms with E-state index < -0.39 is 11.7 Å². The molecule has 2 aromatic carbocycles. The predicted molar refractivity (Wildman–Crippen MR) is 154 cm³/mol. The van der Waals surface area contributed by atoms with Crippen molar-refractivity contribution >= 4 is 46.4 Å². The van der Waals surface area contributed by atoms with E-state index in [1.165, 1.54) is 31.3 Å². The van der Waals surface area contributed by atoms with Crippen LogP contribution in [0.5, 0.6) is 17.2 Å². The maximum absolute atomic E-state index is 13.9. The Morgan fingerprint density at radius 3 is 2.59 bits per heavy atom. The minimum Gasteiger partial charge on any atom is -0.488 e. The highest BCUT2D eigenvalue weighted by molar-refractivity contribution is 6.32. The van der Waals surface area contributed by atoms with Crippen molar-refractivity contribution < 1.29 is 23.5 Å². The Kier molecular flexibility index (Phi) is 8.27. The Bertz CT molecular complexity index is 1600. The van der Waals surface area contributed by atoms with E-state index in [-0.39, 0.29) is 35.2 Å². The number of benzene rings is 2. The summed E-state index contributed by atoms with van der Waals surface area (Å²) in [5.74, 6) is 0.445. The van der Waals surface area contributed by atoms with Crippen LogP contribution in [0.3, 0.4) is 0 Å². The molecule has 1 fully saturated rings. The number of aromatic nitrogens is 2. The van der Waals surface area contributed by atoms with Gasteiger partial charge in [-0.25, -0.2) is 14.4 Å². The second-order valence-electron chi connectivity index (χ2n) is 9.40. The number of nitrogens with one attached hydrogen (secondary N) is 3. The van der Waals surface area contributed by atoms with Crippen LogP contribution in [0.4, 0.5) is 27.4 Å². The number of anilines is 4. The van der Waals surface area contributed by atoms with Gasteiger partial charge in [0.15, 0.2) is 0 Å². The minimum atomic E-state index is -0.480. The number of nitrogens with two attached hydrogens (primary N) is 1. The number of carbonyl (C=O) groups is 2. The van der Waals surface area contributed by atoms with E-state index in [2.05, 4.69) is 25.9 Å². The molecule has 41 heavy (non-hydrogen) atoms. The van der Waals surface area contributed by atoms with E-state index in [0.29, 0.717) is 46.6 Å². The van der Waals surface area contributed by atoms with Gasteiger partial charge in [0, 0.05) is 43.2 Å². The second-order valence-corrected chi connectivity index (χ2v) is 9.80. The third kappa shape index (κ3) is 7.07. The summed E-state index contributed by atoms with van der Waals surface area (Å²) in [6, 6.07) is 15.4. The third-order valence-electron chi connectivity index (χ3n) is 6.13. The molecule has 0 bridgehead atoms. The molecule has 0 saturated heterocycles. The highest BCUT2D eigenvalue weighted by Crippen LogP contribution is 2.34. The molecule has 210 valence electrons. The van der Waals surface area contributed by atoms with Crippen LogP contribution in [-0.2, 0) is 4.79 Å². The van der Waals surface area contributed by atoms with Gasteiger partial charge in [0.1, 0.15) is 40.8 Å². The van der Waals surface area contributed by atoms with Crippen molar-refractivity contribution in [1.29, 1.82) is 0 Å². The number of pyridine rings is 2. The molecule has 2 heterocycles. The molecule has 5 N–H and O–H groups in total. The molecular weight excluding hydrogens is 551 g/mol. The molecule has 2 aromatic heterocycles. The van der Waals surface area contributed by atoms with Crippen LogP contribution in [-0.4, -0.2) is 33.9 Å². The zero-order valence-corrected chi connectivity index (χ0v) is 22.6. The smallest absolute Gasteiger partial charge is 0.259 e. The molecule has 0 spiro atoms. The number of hydrogen-bond acceptors (Lipinski definition) is 8. The summed E-state index contributed by atoms with van der Waals surface area (Å²) in [7, 11) is 0. The van der Waals surface area contributed by atoms with Crippen molar-refractivity contribution in [2.45, 2.75) is 31.9 Å². The maximum Gasteiger partial charge on any atom is 0.259 e.